The maximum absolute atomic E-state index is 13.2. The number of benzene rings is 1. The molecule has 2 aromatic rings. The van der Waals surface area contributed by atoms with E-state index >= 15 is 0 Å². The lowest BCUT2D eigenvalue weighted by Gasteiger charge is -2.26. The lowest BCUT2D eigenvalue weighted by Crippen LogP contribution is -2.44. The van der Waals surface area contributed by atoms with Crippen LogP contribution in [0.5, 0.6) is 0 Å². The SMILES string of the molecule is Cl.O=C(NCCCN1CCNCC1)c1cn(Cc2cccc(F)c2)nn1. The van der Waals surface area contributed by atoms with Gasteiger partial charge >= 0.3 is 0 Å². The topological polar surface area (TPSA) is 75.1 Å². The fraction of sp³-hybridized carbons (Fsp3) is 0.471. The Labute approximate surface area is 158 Å². The highest BCUT2D eigenvalue weighted by Gasteiger charge is 2.12. The molecule has 0 spiro atoms. The van der Waals surface area contributed by atoms with Crippen LogP contribution < -0.4 is 10.6 Å². The number of carbonyl (C=O) groups is 1. The van der Waals surface area contributed by atoms with Crippen LogP contribution in [0.4, 0.5) is 4.39 Å². The number of rotatable bonds is 7. The summed E-state index contributed by atoms with van der Waals surface area (Å²) in [5.74, 6) is -0.522. The normalized spacial score (nSPS) is 14.7. The number of amides is 1. The van der Waals surface area contributed by atoms with Gasteiger partial charge in [-0.05, 0) is 30.7 Å². The average Bonchev–Trinajstić information content (AvgIpc) is 3.08. The summed E-state index contributed by atoms with van der Waals surface area (Å²) in [7, 11) is 0. The van der Waals surface area contributed by atoms with E-state index in [2.05, 4.69) is 25.8 Å². The molecule has 1 fully saturated rings. The van der Waals surface area contributed by atoms with Crippen LogP contribution >= 0.6 is 12.4 Å². The molecule has 1 aliphatic rings. The minimum absolute atomic E-state index is 0. The number of nitrogens with one attached hydrogen (secondary N) is 2. The van der Waals surface area contributed by atoms with Gasteiger partial charge in [0.2, 0.25) is 0 Å². The van der Waals surface area contributed by atoms with Crippen molar-refractivity contribution >= 4 is 18.3 Å². The molecular weight excluding hydrogens is 359 g/mol. The van der Waals surface area contributed by atoms with Gasteiger partial charge in [-0.25, -0.2) is 9.07 Å². The Bertz CT molecular complexity index is 704. The Morgan fingerprint density at radius 3 is 2.88 bits per heavy atom. The molecule has 1 aromatic carbocycles. The summed E-state index contributed by atoms with van der Waals surface area (Å²) in [5, 5.41) is 14.0. The molecule has 0 radical (unpaired) electrons. The van der Waals surface area contributed by atoms with Gasteiger partial charge in [0.05, 0.1) is 12.7 Å². The van der Waals surface area contributed by atoms with Gasteiger partial charge < -0.3 is 15.5 Å². The molecule has 2 heterocycles. The van der Waals surface area contributed by atoms with Crippen molar-refractivity contribution in [2.24, 2.45) is 0 Å². The number of hydrogen-bond acceptors (Lipinski definition) is 5. The van der Waals surface area contributed by atoms with Gasteiger partial charge in [0.15, 0.2) is 5.69 Å². The van der Waals surface area contributed by atoms with E-state index in [0.29, 0.717) is 13.1 Å². The Kier molecular flexibility index (Phi) is 7.96. The second-order valence-corrected chi connectivity index (χ2v) is 6.13. The van der Waals surface area contributed by atoms with E-state index < -0.39 is 0 Å². The number of nitrogens with zero attached hydrogens (tertiary/aromatic N) is 4. The summed E-state index contributed by atoms with van der Waals surface area (Å²) in [6, 6.07) is 6.29. The minimum Gasteiger partial charge on any atom is -0.351 e. The van der Waals surface area contributed by atoms with Crippen LogP contribution in [0.2, 0.25) is 0 Å². The van der Waals surface area contributed by atoms with Gasteiger partial charge in [-0.3, -0.25) is 4.79 Å². The molecule has 26 heavy (non-hydrogen) atoms. The highest BCUT2D eigenvalue weighted by Crippen LogP contribution is 2.05. The van der Waals surface area contributed by atoms with Crippen molar-refractivity contribution in [3.05, 3.63) is 47.5 Å². The summed E-state index contributed by atoms with van der Waals surface area (Å²) in [4.78, 5) is 14.5. The summed E-state index contributed by atoms with van der Waals surface area (Å²) in [6.45, 7) is 6.14. The van der Waals surface area contributed by atoms with Crippen LogP contribution in [-0.4, -0.2) is 65.1 Å². The second kappa shape index (κ2) is 10.2. The van der Waals surface area contributed by atoms with Crippen molar-refractivity contribution in [3.8, 4) is 0 Å². The summed E-state index contributed by atoms with van der Waals surface area (Å²) in [6.07, 6.45) is 2.49. The first kappa shape index (κ1) is 20.3. The standard InChI is InChI=1S/C17H23FN6O.ClH/c18-15-4-1-3-14(11-15)12-24-13-16(21-22-24)17(25)20-5-2-8-23-9-6-19-7-10-23;/h1,3-4,11,13,19H,2,5-10,12H2,(H,20,25);1H. The zero-order valence-electron chi connectivity index (χ0n) is 14.5. The van der Waals surface area contributed by atoms with Crippen molar-refractivity contribution in [3.63, 3.8) is 0 Å². The fourth-order valence-electron chi connectivity index (χ4n) is 2.83. The molecule has 3 rings (SSSR count). The molecule has 1 aromatic heterocycles. The van der Waals surface area contributed by atoms with E-state index in [-0.39, 0.29) is 29.8 Å². The van der Waals surface area contributed by atoms with E-state index in [1.165, 1.54) is 16.8 Å². The first-order chi connectivity index (χ1) is 12.2. The van der Waals surface area contributed by atoms with E-state index in [9.17, 15) is 9.18 Å². The van der Waals surface area contributed by atoms with Gasteiger partial charge in [-0.15, -0.1) is 17.5 Å². The van der Waals surface area contributed by atoms with Crippen molar-refractivity contribution in [2.45, 2.75) is 13.0 Å². The summed E-state index contributed by atoms with van der Waals surface area (Å²) >= 11 is 0. The zero-order valence-corrected chi connectivity index (χ0v) is 15.3. The highest BCUT2D eigenvalue weighted by molar-refractivity contribution is 5.91. The molecule has 1 saturated heterocycles. The largest absolute Gasteiger partial charge is 0.351 e. The molecule has 0 saturated carbocycles. The van der Waals surface area contributed by atoms with Crippen molar-refractivity contribution < 1.29 is 9.18 Å². The fourth-order valence-corrected chi connectivity index (χ4v) is 2.83. The van der Waals surface area contributed by atoms with Crippen molar-refractivity contribution in [1.29, 1.82) is 0 Å². The Balaban J connectivity index is 0.00000243. The molecule has 2 N–H and O–H groups in total. The maximum atomic E-state index is 13.2. The van der Waals surface area contributed by atoms with Crippen LogP contribution in [0.3, 0.4) is 0 Å². The number of hydrogen-bond donors (Lipinski definition) is 2. The Morgan fingerprint density at radius 1 is 1.31 bits per heavy atom. The van der Waals surface area contributed by atoms with Crippen LogP contribution in [0.25, 0.3) is 0 Å². The van der Waals surface area contributed by atoms with E-state index in [0.717, 1.165) is 44.7 Å². The maximum Gasteiger partial charge on any atom is 0.273 e. The van der Waals surface area contributed by atoms with Gasteiger partial charge in [-0.2, -0.15) is 0 Å². The van der Waals surface area contributed by atoms with Crippen LogP contribution in [0, 0.1) is 5.82 Å². The zero-order chi connectivity index (χ0) is 17.5. The van der Waals surface area contributed by atoms with Gasteiger partial charge in [0.25, 0.3) is 5.91 Å². The van der Waals surface area contributed by atoms with Gasteiger partial charge in [0.1, 0.15) is 5.82 Å². The van der Waals surface area contributed by atoms with Crippen molar-refractivity contribution in [2.75, 3.05) is 39.3 Å². The lowest BCUT2D eigenvalue weighted by molar-refractivity contribution is 0.0946. The molecular formula is C17H24ClFN6O. The highest BCUT2D eigenvalue weighted by atomic mass is 35.5. The third-order valence-electron chi connectivity index (χ3n) is 4.15. The van der Waals surface area contributed by atoms with E-state index in [4.69, 9.17) is 0 Å². The first-order valence-electron chi connectivity index (χ1n) is 8.56. The summed E-state index contributed by atoms with van der Waals surface area (Å²) < 4.78 is 14.7. The molecule has 7 nitrogen and oxygen atoms in total. The molecule has 0 unspecified atom stereocenters. The quantitative estimate of drug-likeness (QED) is 0.696. The number of aromatic nitrogens is 3. The number of carbonyl (C=O) groups excluding carboxylic acids is 1. The molecule has 9 heteroatoms. The summed E-state index contributed by atoms with van der Waals surface area (Å²) in [5.41, 5.74) is 1.05. The third kappa shape index (κ3) is 6.05. The Morgan fingerprint density at radius 2 is 2.12 bits per heavy atom. The van der Waals surface area contributed by atoms with Gasteiger partial charge in [0, 0.05) is 32.7 Å². The van der Waals surface area contributed by atoms with E-state index in [1.54, 1.807) is 18.3 Å². The third-order valence-corrected chi connectivity index (χ3v) is 4.15. The molecule has 0 bridgehead atoms. The minimum atomic E-state index is -0.292. The molecule has 0 aliphatic carbocycles. The predicted octanol–water partition coefficient (Wildman–Crippen LogP) is 0.912. The molecule has 1 amide bonds. The second-order valence-electron chi connectivity index (χ2n) is 6.13. The lowest BCUT2D eigenvalue weighted by atomic mass is 10.2. The van der Waals surface area contributed by atoms with Crippen LogP contribution in [-0.2, 0) is 6.54 Å². The predicted molar refractivity (Wildman–Crippen MR) is 99.0 cm³/mol. The monoisotopic (exact) mass is 382 g/mol. The van der Waals surface area contributed by atoms with Crippen LogP contribution in [0.15, 0.2) is 30.5 Å². The van der Waals surface area contributed by atoms with Crippen molar-refractivity contribution in [1.82, 2.24) is 30.5 Å². The first-order valence-corrected chi connectivity index (χ1v) is 8.56. The van der Waals surface area contributed by atoms with E-state index in [1.807, 2.05) is 0 Å². The number of halogens is 2. The molecule has 1 aliphatic heterocycles. The Hall–Kier alpha value is -2.03. The van der Waals surface area contributed by atoms with Crippen LogP contribution in [0.1, 0.15) is 22.5 Å². The van der Waals surface area contributed by atoms with Gasteiger partial charge in [-0.1, -0.05) is 17.3 Å². The average molecular weight is 383 g/mol. The molecule has 0 atom stereocenters. The smallest absolute Gasteiger partial charge is 0.273 e. The molecule has 142 valence electrons. The number of piperazine rings is 1.